The van der Waals surface area contributed by atoms with E-state index in [0.29, 0.717) is 19.1 Å². The minimum Gasteiger partial charge on any atom is -0.352 e. The van der Waals surface area contributed by atoms with Gasteiger partial charge in [-0.3, -0.25) is 9.78 Å². The second kappa shape index (κ2) is 5.07. The molecular weight excluding hydrogens is 202 g/mol. The number of hydrogen-bond donors (Lipinski definition) is 2. The first-order valence-electron chi connectivity index (χ1n) is 5.66. The molecule has 0 aromatic carbocycles. The third-order valence-electron chi connectivity index (χ3n) is 2.48. The molecule has 86 valence electrons. The Labute approximate surface area is 95.5 Å². The van der Waals surface area contributed by atoms with Crippen LogP contribution in [-0.2, 0) is 11.3 Å². The van der Waals surface area contributed by atoms with E-state index in [-0.39, 0.29) is 5.91 Å². The van der Waals surface area contributed by atoms with Crippen LogP contribution in [0.4, 0.5) is 0 Å². The van der Waals surface area contributed by atoms with E-state index in [4.69, 9.17) is 0 Å². The third kappa shape index (κ3) is 3.62. The van der Waals surface area contributed by atoms with E-state index >= 15 is 0 Å². The third-order valence-corrected chi connectivity index (χ3v) is 2.48. The fourth-order valence-electron chi connectivity index (χ4n) is 1.51. The Balaban J connectivity index is 1.68. The summed E-state index contributed by atoms with van der Waals surface area (Å²) in [6.45, 7) is 2.97. The molecule has 1 fully saturated rings. The lowest BCUT2D eigenvalue weighted by atomic mass is 10.3. The summed E-state index contributed by atoms with van der Waals surface area (Å²) in [6.07, 6.45) is 2.26. The average Bonchev–Trinajstić information content (AvgIpc) is 3.02. The molecule has 0 radical (unpaired) electrons. The number of pyridine rings is 1. The van der Waals surface area contributed by atoms with Gasteiger partial charge in [-0.15, -0.1) is 0 Å². The Kier molecular flexibility index (Phi) is 3.51. The Bertz CT molecular complexity index is 374. The van der Waals surface area contributed by atoms with E-state index in [1.807, 2.05) is 25.1 Å². The predicted octanol–water partition coefficient (Wildman–Crippen LogP) is 0.758. The van der Waals surface area contributed by atoms with Crippen molar-refractivity contribution >= 4 is 5.91 Å². The number of carbonyl (C=O) groups is 1. The summed E-state index contributed by atoms with van der Waals surface area (Å²) >= 11 is 0. The molecule has 1 aliphatic rings. The zero-order valence-corrected chi connectivity index (χ0v) is 9.49. The fraction of sp³-hybridized carbons (Fsp3) is 0.500. The Morgan fingerprint density at radius 1 is 1.50 bits per heavy atom. The molecule has 1 amide bonds. The minimum absolute atomic E-state index is 0.0788. The summed E-state index contributed by atoms with van der Waals surface area (Å²) in [5.41, 5.74) is 1.97. The maximum Gasteiger partial charge on any atom is 0.234 e. The first-order valence-corrected chi connectivity index (χ1v) is 5.66. The number of carbonyl (C=O) groups excluding carboxylic acids is 1. The molecule has 1 aromatic heterocycles. The van der Waals surface area contributed by atoms with Crippen LogP contribution in [0.2, 0.25) is 0 Å². The van der Waals surface area contributed by atoms with Gasteiger partial charge in [-0.05, 0) is 31.9 Å². The number of rotatable bonds is 5. The first kappa shape index (κ1) is 11.1. The number of aromatic nitrogens is 1. The van der Waals surface area contributed by atoms with E-state index in [0.717, 1.165) is 24.2 Å². The van der Waals surface area contributed by atoms with Gasteiger partial charge in [0.15, 0.2) is 0 Å². The average molecular weight is 219 g/mol. The van der Waals surface area contributed by atoms with Crippen molar-refractivity contribution in [2.24, 2.45) is 0 Å². The fourth-order valence-corrected chi connectivity index (χ4v) is 1.51. The van der Waals surface area contributed by atoms with Crippen molar-refractivity contribution in [2.45, 2.75) is 32.4 Å². The minimum atomic E-state index is 0.0788. The van der Waals surface area contributed by atoms with Crippen LogP contribution < -0.4 is 10.6 Å². The molecule has 2 rings (SSSR count). The molecule has 0 unspecified atom stereocenters. The van der Waals surface area contributed by atoms with E-state index < -0.39 is 0 Å². The molecule has 0 atom stereocenters. The maximum absolute atomic E-state index is 11.4. The number of hydrogen-bond acceptors (Lipinski definition) is 3. The normalized spacial score (nSPS) is 14.8. The van der Waals surface area contributed by atoms with Gasteiger partial charge in [0.1, 0.15) is 0 Å². The zero-order valence-electron chi connectivity index (χ0n) is 9.49. The molecule has 0 spiro atoms. The first-order chi connectivity index (χ1) is 7.74. The largest absolute Gasteiger partial charge is 0.352 e. The lowest BCUT2D eigenvalue weighted by molar-refractivity contribution is -0.120. The number of amides is 1. The van der Waals surface area contributed by atoms with E-state index in [1.54, 1.807) is 0 Å². The molecule has 1 aromatic rings. The number of aryl methyl sites for hydroxylation is 1. The van der Waals surface area contributed by atoms with Crippen molar-refractivity contribution in [2.75, 3.05) is 6.54 Å². The molecule has 16 heavy (non-hydrogen) atoms. The highest BCUT2D eigenvalue weighted by molar-refractivity contribution is 5.78. The smallest absolute Gasteiger partial charge is 0.234 e. The number of nitrogens with one attached hydrogen (secondary N) is 2. The maximum atomic E-state index is 11.4. The summed E-state index contributed by atoms with van der Waals surface area (Å²) in [5.74, 6) is 0.0788. The van der Waals surface area contributed by atoms with Crippen molar-refractivity contribution in [1.29, 1.82) is 0 Å². The van der Waals surface area contributed by atoms with Crippen LogP contribution in [0.3, 0.4) is 0 Å². The Morgan fingerprint density at radius 3 is 3.00 bits per heavy atom. The number of nitrogens with zero attached hydrogens (tertiary/aromatic N) is 1. The van der Waals surface area contributed by atoms with Gasteiger partial charge in [0.2, 0.25) is 5.91 Å². The van der Waals surface area contributed by atoms with Crippen LogP contribution in [0.1, 0.15) is 24.2 Å². The van der Waals surface area contributed by atoms with Gasteiger partial charge in [0, 0.05) is 18.3 Å². The lowest BCUT2D eigenvalue weighted by Gasteiger charge is -2.05. The van der Waals surface area contributed by atoms with Crippen LogP contribution in [-0.4, -0.2) is 23.5 Å². The molecule has 1 saturated carbocycles. The molecule has 4 nitrogen and oxygen atoms in total. The van der Waals surface area contributed by atoms with Crippen molar-refractivity contribution in [1.82, 2.24) is 15.6 Å². The highest BCUT2D eigenvalue weighted by Gasteiger charge is 2.22. The van der Waals surface area contributed by atoms with Crippen LogP contribution in [0.5, 0.6) is 0 Å². The summed E-state index contributed by atoms with van der Waals surface area (Å²) in [7, 11) is 0. The van der Waals surface area contributed by atoms with E-state index in [1.165, 1.54) is 0 Å². The van der Waals surface area contributed by atoms with Crippen molar-refractivity contribution in [3.8, 4) is 0 Å². The van der Waals surface area contributed by atoms with Crippen molar-refractivity contribution < 1.29 is 4.79 Å². The molecule has 4 heteroatoms. The second-order valence-corrected chi connectivity index (χ2v) is 4.22. The SMILES string of the molecule is Cc1cccc(CNCC(=O)NC2CC2)n1. The summed E-state index contributed by atoms with van der Waals surface area (Å²) in [6, 6.07) is 6.33. The van der Waals surface area contributed by atoms with Crippen molar-refractivity contribution in [3.05, 3.63) is 29.6 Å². The van der Waals surface area contributed by atoms with Gasteiger partial charge in [-0.2, -0.15) is 0 Å². The lowest BCUT2D eigenvalue weighted by Crippen LogP contribution is -2.34. The topological polar surface area (TPSA) is 54.0 Å². The highest BCUT2D eigenvalue weighted by Crippen LogP contribution is 2.18. The molecule has 0 saturated heterocycles. The van der Waals surface area contributed by atoms with Gasteiger partial charge in [-0.1, -0.05) is 6.07 Å². The summed E-state index contributed by atoms with van der Waals surface area (Å²) < 4.78 is 0. The molecule has 1 heterocycles. The molecule has 0 aliphatic heterocycles. The van der Waals surface area contributed by atoms with Crippen LogP contribution in [0.15, 0.2) is 18.2 Å². The molecular formula is C12H17N3O. The van der Waals surface area contributed by atoms with Gasteiger partial charge in [0.25, 0.3) is 0 Å². The molecule has 1 aliphatic carbocycles. The van der Waals surface area contributed by atoms with E-state index in [2.05, 4.69) is 15.6 Å². The van der Waals surface area contributed by atoms with Crippen LogP contribution in [0, 0.1) is 6.92 Å². The van der Waals surface area contributed by atoms with Crippen LogP contribution in [0.25, 0.3) is 0 Å². The zero-order chi connectivity index (χ0) is 11.4. The summed E-state index contributed by atoms with van der Waals surface area (Å²) in [5, 5.41) is 6.02. The predicted molar refractivity (Wildman–Crippen MR) is 61.8 cm³/mol. The van der Waals surface area contributed by atoms with Gasteiger partial charge >= 0.3 is 0 Å². The van der Waals surface area contributed by atoms with Gasteiger partial charge < -0.3 is 10.6 Å². The molecule has 2 N–H and O–H groups in total. The molecule has 0 bridgehead atoms. The van der Waals surface area contributed by atoms with E-state index in [9.17, 15) is 4.79 Å². The summed E-state index contributed by atoms with van der Waals surface area (Å²) in [4.78, 5) is 15.7. The van der Waals surface area contributed by atoms with Gasteiger partial charge in [-0.25, -0.2) is 0 Å². The van der Waals surface area contributed by atoms with Crippen molar-refractivity contribution in [3.63, 3.8) is 0 Å². The van der Waals surface area contributed by atoms with Crippen LogP contribution >= 0.6 is 0 Å². The Morgan fingerprint density at radius 2 is 2.31 bits per heavy atom. The van der Waals surface area contributed by atoms with Gasteiger partial charge in [0.05, 0.1) is 12.2 Å². The second-order valence-electron chi connectivity index (χ2n) is 4.22. The Hall–Kier alpha value is -1.42. The quantitative estimate of drug-likeness (QED) is 0.768. The standard InChI is InChI=1S/C12H17N3O/c1-9-3-2-4-11(14-9)7-13-8-12(16)15-10-5-6-10/h2-4,10,13H,5-8H2,1H3,(H,15,16). The monoisotopic (exact) mass is 219 g/mol. The highest BCUT2D eigenvalue weighted by atomic mass is 16.2.